The molecular weight excluding hydrogens is 370 g/mol. The van der Waals surface area contributed by atoms with E-state index in [1.807, 2.05) is 25.3 Å². The smallest absolute Gasteiger partial charge is 0.120 e. The van der Waals surface area contributed by atoms with Gasteiger partial charge in [-0.25, -0.2) is 0 Å². The Kier molecular flexibility index (Phi) is 6.21. The zero-order valence-electron chi connectivity index (χ0n) is 19.3. The number of aliphatic hydroxyl groups is 1. The second-order valence-corrected chi connectivity index (χ2v) is 10.1. The molecule has 1 N–H and O–H groups in total. The van der Waals surface area contributed by atoms with E-state index in [1.165, 1.54) is 35.1 Å². The summed E-state index contributed by atoms with van der Waals surface area (Å²) < 4.78 is 0. The Morgan fingerprint density at radius 2 is 1.73 bits per heavy atom. The van der Waals surface area contributed by atoms with Crippen LogP contribution in [0.3, 0.4) is 0 Å². The minimum absolute atomic E-state index is 0.200. The van der Waals surface area contributed by atoms with Crippen molar-refractivity contribution in [3.63, 3.8) is 0 Å². The summed E-state index contributed by atoms with van der Waals surface area (Å²) in [6, 6.07) is 8.87. The molecule has 1 aliphatic rings. The molecule has 0 aliphatic heterocycles. The standard InChI is InChI=1S/C27H35NO2/c1-18-14-23-24(27(5,6)12-11-26(23,3)4)16-21(18)15-22-10-9-20(17-28-22)19(2)25(30)8-7-13-29/h9-10,13-14,16-17,30H,7-8,11-12,15H2,1-6H3/b25-19-. The fourth-order valence-electron chi connectivity index (χ4n) is 4.45. The molecule has 3 rings (SSSR count). The van der Waals surface area contributed by atoms with Gasteiger partial charge in [-0.05, 0) is 77.0 Å². The van der Waals surface area contributed by atoms with Gasteiger partial charge in [0, 0.05) is 31.2 Å². The van der Waals surface area contributed by atoms with E-state index in [2.05, 4.69) is 51.7 Å². The van der Waals surface area contributed by atoms with Gasteiger partial charge >= 0.3 is 0 Å². The van der Waals surface area contributed by atoms with E-state index in [0.29, 0.717) is 12.8 Å². The van der Waals surface area contributed by atoms with Crippen molar-refractivity contribution in [2.75, 3.05) is 0 Å². The number of allylic oxidation sites excluding steroid dienone is 2. The molecular formula is C27H35NO2. The first kappa shape index (κ1) is 22.3. The summed E-state index contributed by atoms with van der Waals surface area (Å²) in [4.78, 5) is 15.2. The molecule has 30 heavy (non-hydrogen) atoms. The summed E-state index contributed by atoms with van der Waals surface area (Å²) in [5.41, 5.74) is 8.76. The predicted octanol–water partition coefficient (Wildman–Crippen LogP) is 6.60. The topological polar surface area (TPSA) is 50.2 Å². The van der Waals surface area contributed by atoms with Crippen LogP contribution in [0.15, 0.2) is 36.2 Å². The van der Waals surface area contributed by atoms with Crippen molar-refractivity contribution in [2.24, 2.45) is 0 Å². The summed E-state index contributed by atoms with van der Waals surface area (Å²) in [6.45, 7) is 13.5. The molecule has 0 amide bonds. The Labute approximate surface area is 181 Å². The van der Waals surface area contributed by atoms with Crippen molar-refractivity contribution in [3.8, 4) is 0 Å². The molecule has 0 saturated heterocycles. The number of pyridine rings is 1. The largest absolute Gasteiger partial charge is 0.512 e. The van der Waals surface area contributed by atoms with Crippen LogP contribution in [0.2, 0.25) is 0 Å². The highest BCUT2D eigenvalue weighted by Crippen LogP contribution is 2.46. The molecule has 0 saturated carbocycles. The third-order valence-corrected chi connectivity index (χ3v) is 6.87. The lowest BCUT2D eigenvalue weighted by molar-refractivity contribution is -0.107. The zero-order valence-corrected chi connectivity index (χ0v) is 19.3. The number of aliphatic hydroxyl groups excluding tert-OH is 1. The van der Waals surface area contributed by atoms with Crippen molar-refractivity contribution < 1.29 is 9.90 Å². The summed E-state index contributed by atoms with van der Waals surface area (Å²) in [6.07, 6.45) is 6.59. The van der Waals surface area contributed by atoms with Crippen LogP contribution in [-0.4, -0.2) is 16.4 Å². The van der Waals surface area contributed by atoms with Gasteiger partial charge in [0.15, 0.2) is 0 Å². The fourth-order valence-corrected chi connectivity index (χ4v) is 4.45. The minimum Gasteiger partial charge on any atom is -0.512 e. The van der Waals surface area contributed by atoms with Crippen molar-refractivity contribution in [1.82, 2.24) is 4.98 Å². The van der Waals surface area contributed by atoms with E-state index in [0.717, 1.165) is 29.5 Å². The normalized spacial score (nSPS) is 17.8. The third kappa shape index (κ3) is 4.50. The lowest BCUT2D eigenvalue weighted by Crippen LogP contribution is -2.34. The molecule has 2 aromatic rings. The van der Waals surface area contributed by atoms with Gasteiger partial charge in [0.2, 0.25) is 0 Å². The molecule has 1 heterocycles. The molecule has 1 aromatic carbocycles. The number of aromatic nitrogens is 1. The maximum absolute atomic E-state index is 10.5. The summed E-state index contributed by atoms with van der Waals surface area (Å²) >= 11 is 0. The van der Waals surface area contributed by atoms with Gasteiger partial charge in [-0.2, -0.15) is 0 Å². The van der Waals surface area contributed by atoms with Crippen molar-refractivity contribution in [1.29, 1.82) is 0 Å². The van der Waals surface area contributed by atoms with Gasteiger partial charge in [0.1, 0.15) is 6.29 Å². The van der Waals surface area contributed by atoms with Gasteiger partial charge in [-0.15, -0.1) is 0 Å². The van der Waals surface area contributed by atoms with Gasteiger partial charge in [0.05, 0.1) is 5.76 Å². The van der Waals surface area contributed by atoms with E-state index in [4.69, 9.17) is 0 Å². The van der Waals surface area contributed by atoms with Gasteiger partial charge in [-0.1, -0.05) is 45.9 Å². The number of benzene rings is 1. The molecule has 1 aliphatic carbocycles. The number of aldehydes is 1. The molecule has 0 atom stereocenters. The Hall–Kier alpha value is -2.42. The highest BCUT2D eigenvalue weighted by atomic mass is 16.3. The number of hydrogen-bond donors (Lipinski definition) is 1. The number of aryl methyl sites for hydroxylation is 1. The van der Waals surface area contributed by atoms with Crippen LogP contribution < -0.4 is 0 Å². The first-order valence-corrected chi connectivity index (χ1v) is 11.0. The Bertz CT molecular complexity index is 965. The maximum atomic E-state index is 10.5. The third-order valence-electron chi connectivity index (χ3n) is 6.87. The average Bonchev–Trinajstić information content (AvgIpc) is 2.71. The van der Waals surface area contributed by atoms with E-state index < -0.39 is 0 Å². The van der Waals surface area contributed by atoms with Crippen LogP contribution in [0.25, 0.3) is 5.57 Å². The number of nitrogens with zero attached hydrogens (tertiary/aromatic N) is 1. The van der Waals surface area contributed by atoms with Crippen molar-refractivity contribution in [2.45, 2.75) is 84.5 Å². The van der Waals surface area contributed by atoms with E-state index in [-0.39, 0.29) is 16.6 Å². The summed E-state index contributed by atoms with van der Waals surface area (Å²) in [7, 11) is 0. The van der Waals surface area contributed by atoms with Crippen LogP contribution >= 0.6 is 0 Å². The molecule has 3 nitrogen and oxygen atoms in total. The van der Waals surface area contributed by atoms with Gasteiger partial charge in [-0.3, -0.25) is 4.98 Å². The predicted molar refractivity (Wildman–Crippen MR) is 124 cm³/mol. The van der Waals surface area contributed by atoms with Crippen LogP contribution in [0.1, 0.15) is 93.8 Å². The van der Waals surface area contributed by atoms with Crippen LogP contribution in [-0.2, 0) is 22.0 Å². The number of rotatable bonds is 6. The minimum atomic E-state index is 0.200. The SMILES string of the molecule is C/C(=C(/O)CCC=O)c1ccc(Cc2cc3c(cc2C)C(C)(C)CCC3(C)C)nc1. The summed E-state index contributed by atoms with van der Waals surface area (Å²) in [5.74, 6) is 0.257. The average molecular weight is 406 g/mol. The van der Waals surface area contributed by atoms with Crippen molar-refractivity contribution in [3.05, 3.63) is 69.7 Å². The van der Waals surface area contributed by atoms with Crippen molar-refractivity contribution >= 4 is 11.9 Å². The highest BCUT2D eigenvalue weighted by molar-refractivity contribution is 5.65. The molecule has 1 aromatic heterocycles. The first-order valence-electron chi connectivity index (χ1n) is 11.0. The quantitative estimate of drug-likeness (QED) is 0.435. The number of carbonyl (C=O) groups excluding carboxylic acids is 1. The lowest BCUT2D eigenvalue weighted by atomic mass is 9.62. The number of fused-ring (bicyclic) bond motifs is 1. The second kappa shape index (κ2) is 8.37. The second-order valence-electron chi connectivity index (χ2n) is 10.1. The van der Waals surface area contributed by atoms with E-state index in [9.17, 15) is 9.90 Å². The summed E-state index contributed by atoms with van der Waals surface area (Å²) in [5, 5.41) is 10.1. The Morgan fingerprint density at radius 1 is 1.10 bits per heavy atom. The molecule has 0 fully saturated rings. The van der Waals surface area contributed by atoms with Gasteiger partial charge < -0.3 is 9.90 Å². The van der Waals surface area contributed by atoms with E-state index >= 15 is 0 Å². The Morgan fingerprint density at radius 3 is 2.30 bits per heavy atom. The molecule has 3 heteroatoms. The van der Waals surface area contributed by atoms with E-state index in [1.54, 1.807) is 0 Å². The van der Waals surface area contributed by atoms with Crippen LogP contribution in [0.4, 0.5) is 0 Å². The fraction of sp³-hybridized carbons (Fsp3) is 0.481. The molecule has 0 unspecified atom stereocenters. The van der Waals surface area contributed by atoms with Crippen LogP contribution in [0.5, 0.6) is 0 Å². The maximum Gasteiger partial charge on any atom is 0.120 e. The molecule has 0 bridgehead atoms. The van der Waals surface area contributed by atoms with Crippen LogP contribution in [0, 0.1) is 6.92 Å². The molecule has 160 valence electrons. The van der Waals surface area contributed by atoms with Gasteiger partial charge in [0.25, 0.3) is 0 Å². The highest BCUT2D eigenvalue weighted by Gasteiger charge is 2.37. The lowest BCUT2D eigenvalue weighted by Gasteiger charge is -2.42. The molecule has 0 radical (unpaired) electrons. The number of hydrogen-bond acceptors (Lipinski definition) is 3. The first-order chi connectivity index (χ1) is 14.0. The Balaban J connectivity index is 1.88. The monoisotopic (exact) mass is 405 g/mol. The molecule has 0 spiro atoms. The number of carbonyl (C=O) groups is 1. The zero-order chi connectivity index (χ0) is 22.1.